The maximum absolute atomic E-state index is 11.0. The van der Waals surface area contributed by atoms with Crippen LogP contribution in [0.3, 0.4) is 0 Å². The Labute approximate surface area is 142 Å². The van der Waals surface area contributed by atoms with Crippen molar-refractivity contribution in [2.24, 2.45) is 0 Å². The van der Waals surface area contributed by atoms with Crippen LogP contribution in [0.15, 0.2) is 18.5 Å². The van der Waals surface area contributed by atoms with Crippen LogP contribution in [-0.2, 0) is 13.0 Å². The van der Waals surface area contributed by atoms with E-state index < -0.39 is 5.97 Å². The fourth-order valence-corrected chi connectivity index (χ4v) is 3.67. The summed E-state index contributed by atoms with van der Waals surface area (Å²) in [6.45, 7) is 1.04. The largest absolute Gasteiger partial charge is 0.478 e. The lowest BCUT2D eigenvalue weighted by Crippen LogP contribution is -1.98. The minimum Gasteiger partial charge on any atom is -0.478 e. The Balaban J connectivity index is 1.59. The summed E-state index contributed by atoms with van der Waals surface area (Å²) in [4.78, 5) is 25.0. The Morgan fingerprint density at radius 2 is 2.17 bits per heavy atom. The Morgan fingerprint density at radius 1 is 1.25 bits per heavy atom. The third-order valence-electron chi connectivity index (χ3n) is 4.08. The van der Waals surface area contributed by atoms with Crippen molar-refractivity contribution in [3.05, 3.63) is 40.5 Å². The van der Waals surface area contributed by atoms with E-state index in [0.29, 0.717) is 5.52 Å². The van der Waals surface area contributed by atoms with Crippen LogP contribution in [0.25, 0.3) is 22.5 Å². The molecule has 3 aromatic rings. The molecule has 0 saturated carbocycles. The van der Waals surface area contributed by atoms with Gasteiger partial charge in [0.1, 0.15) is 21.2 Å². The van der Waals surface area contributed by atoms with Gasteiger partial charge in [0.05, 0.1) is 11.3 Å². The number of thiazole rings is 1. The Kier molecular flexibility index (Phi) is 3.86. The second-order valence-electron chi connectivity index (χ2n) is 5.82. The van der Waals surface area contributed by atoms with Gasteiger partial charge in [-0.05, 0) is 31.1 Å². The highest BCUT2D eigenvalue weighted by Crippen LogP contribution is 2.23. The number of aromatic carboxylic acids is 1. The first kappa shape index (κ1) is 15.0. The molecule has 6 nitrogen and oxygen atoms in total. The quantitative estimate of drug-likeness (QED) is 0.789. The van der Waals surface area contributed by atoms with Gasteiger partial charge >= 0.3 is 5.97 Å². The first-order valence-corrected chi connectivity index (χ1v) is 8.75. The van der Waals surface area contributed by atoms with Crippen molar-refractivity contribution in [2.75, 3.05) is 0 Å². The summed E-state index contributed by atoms with van der Waals surface area (Å²) in [6, 6.07) is 1.55. The molecule has 4 heterocycles. The molecule has 0 fully saturated rings. The molecule has 1 aliphatic heterocycles. The van der Waals surface area contributed by atoms with Gasteiger partial charge in [-0.25, -0.2) is 19.7 Å². The highest BCUT2D eigenvalue weighted by molar-refractivity contribution is 7.18. The minimum atomic E-state index is -0.992. The van der Waals surface area contributed by atoms with Crippen LogP contribution in [0.4, 0.5) is 0 Å². The van der Waals surface area contributed by atoms with E-state index in [-0.39, 0.29) is 5.56 Å². The summed E-state index contributed by atoms with van der Waals surface area (Å²) in [5.74, 6) is 0.165. The summed E-state index contributed by atoms with van der Waals surface area (Å²) >= 11 is 1.44. The van der Waals surface area contributed by atoms with E-state index in [4.69, 9.17) is 5.11 Å². The van der Waals surface area contributed by atoms with E-state index in [1.165, 1.54) is 36.8 Å². The number of hydrogen-bond acceptors (Lipinski definition) is 5. The molecule has 0 amide bonds. The number of carboxylic acids is 1. The molecule has 0 aromatic carbocycles. The molecule has 7 heteroatoms. The molecule has 1 aliphatic rings. The van der Waals surface area contributed by atoms with Gasteiger partial charge in [-0.1, -0.05) is 17.8 Å². The Morgan fingerprint density at radius 3 is 3.04 bits per heavy atom. The molecule has 0 bridgehead atoms. The number of fused-ring (bicyclic) bond motifs is 2. The lowest BCUT2D eigenvalue weighted by Gasteiger charge is -1.99. The topological polar surface area (TPSA) is 80.9 Å². The molecule has 0 aliphatic carbocycles. The third-order valence-corrected chi connectivity index (χ3v) is 5.03. The fraction of sp³-hybridized carbons (Fsp3) is 0.294. The van der Waals surface area contributed by atoms with Crippen LogP contribution >= 0.6 is 11.3 Å². The Hall–Kier alpha value is -2.54. The van der Waals surface area contributed by atoms with E-state index in [0.717, 1.165) is 34.3 Å². The van der Waals surface area contributed by atoms with Crippen LogP contribution in [0.5, 0.6) is 0 Å². The predicted molar refractivity (Wildman–Crippen MR) is 93.1 cm³/mol. The fourth-order valence-electron chi connectivity index (χ4n) is 2.88. The lowest BCUT2D eigenvalue weighted by molar-refractivity contribution is 0.0696. The molecular formula is C17H16N4O2S. The number of carboxylic acid groups (broad SMARTS) is 1. The van der Waals surface area contributed by atoms with Crippen molar-refractivity contribution in [3.8, 4) is 0 Å². The molecule has 0 spiro atoms. The third kappa shape index (κ3) is 2.94. The molecule has 3 aromatic heterocycles. The normalized spacial score (nSPS) is 14.8. The van der Waals surface area contributed by atoms with Gasteiger partial charge in [-0.3, -0.25) is 0 Å². The standard InChI is InChI=1S/C17H16N4O2S/c22-17(23)11-8-13-16(18-9-11)24-15(20-13)6-5-12-10-21-7-3-1-2-4-14(21)19-12/h5-6,8-10H,1-4,7H2,(H,22,23)/b6-5+. The van der Waals surface area contributed by atoms with E-state index in [1.54, 1.807) is 6.07 Å². The van der Waals surface area contributed by atoms with Gasteiger partial charge in [0.2, 0.25) is 0 Å². The number of pyridine rings is 1. The number of nitrogens with zero attached hydrogens (tertiary/aromatic N) is 4. The summed E-state index contributed by atoms with van der Waals surface area (Å²) < 4.78 is 2.24. The van der Waals surface area contributed by atoms with Gasteiger partial charge < -0.3 is 9.67 Å². The van der Waals surface area contributed by atoms with Gasteiger partial charge in [0, 0.05) is 25.4 Å². The molecule has 0 saturated heterocycles. The molecule has 0 radical (unpaired) electrons. The average Bonchev–Trinajstić information content (AvgIpc) is 3.09. The van der Waals surface area contributed by atoms with Crippen molar-refractivity contribution >= 4 is 39.8 Å². The molecule has 0 atom stereocenters. The summed E-state index contributed by atoms with van der Waals surface area (Å²) in [7, 11) is 0. The van der Waals surface area contributed by atoms with Crippen LogP contribution in [0, 0.1) is 0 Å². The summed E-state index contributed by atoms with van der Waals surface area (Å²) in [6.07, 6.45) is 12.0. The van der Waals surface area contributed by atoms with Crippen LogP contribution < -0.4 is 0 Å². The summed E-state index contributed by atoms with van der Waals surface area (Å²) in [5, 5.41) is 9.81. The van der Waals surface area contributed by atoms with Crippen molar-refractivity contribution in [2.45, 2.75) is 32.2 Å². The second kappa shape index (κ2) is 6.16. The smallest absolute Gasteiger partial charge is 0.337 e. The van der Waals surface area contributed by atoms with E-state index in [1.807, 2.05) is 12.2 Å². The SMILES string of the molecule is O=C(O)c1cnc2sc(/C=C/c3cn4c(n3)CCCCC4)nc2c1. The Bertz CT molecular complexity index is 918. The van der Waals surface area contributed by atoms with Crippen LogP contribution in [0.2, 0.25) is 0 Å². The van der Waals surface area contributed by atoms with E-state index >= 15 is 0 Å². The monoisotopic (exact) mass is 340 g/mol. The van der Waals surface area contributed by atoms with Gasteiger partial charge in [-0.2, -0.15) is 0 Å². The number of aryl methyl sites for hydroxylation is 2. The van der Waals surface area contributed by atoms with Crippen LogP contribution in [-0.4, -0.2) is 30.6 Å². The van der Waals surface area contributed by atoms with Crippen molar-refractivity contribution in [3.63, 3.8) is 0 Å². The van der Waals surface area contributed by atoms with Crippen molar-refractivity contribution in [1.29, 1.82) is 0 Å². The highest BCUT2D eigenvalue weighted by atomic mass is 32.1. The first-order chi connectivity index (χ1) is 11.7. The molecule has 0 unspecified atom stereocenters. The van der Waals surface area contributed by atoms with Crippen molar-refractivity contribution in [1.82, 2.24) is 19.5 Å². The molecule has 1 N–H and O–H groups in total. The first-order valence-electron chi connectivity index (χ1n) is 7.93. The number of imidazole rings is 1. The molecule has 122 valence electrons. The predicted octanol–water partition coefficient (Wildman–Crippen LogP) is 3.48. The maximum Gasteiger partial charge on any atom is 0.337 e. The minimum absolute atomic E-state index is 0.154. The van der Waals surface area contributed by atoms with E-state index in [9.17, 15) is 4.79 Å². The molecule has 24 heavy (non-hydrogen) atoms. The average molecular weight is 340 g/mol. The zero-order chi connectivity index (χ0) is 16.5. The zero-order valence-corrected chi connectivity index (χ0v) is 13.8. The van der Waals surface area contributed by atoms with Crippen LogP contribution in [0.1, 0.15) is 46.1 Å². The number of carbonyl (C=O) groups is 1. The number of hydrogen-bond donors (Lipinski definition) is 1. The maximum atomic E-state index is 11.0. The van der Waals surface area contributed by atoms with E-state index in [2.05, 4.69) is 25.7 Å². The lowest BCUT2D eigenvalue weighted by atomic mass is 10.2. The number of rotatable bonds is 3. The summed E-state index contributed by atoms with van der Waals surface area (Å²) in [5.41, 5.74) is 1.70. The second-order valence-corrected chi connectivity index (χ2v) is 6.83. The van der Waals surface area contributed by atoms with Gasteiger partial charge in [0.25, 0.3) is 0 Å². The highest BCUT2D eigenvalue weighted by Gasteiger charge is 2.11. The molecular weight excluding hydrogens is 324 g/mol. The van der Waals surface area contributed by atoms with Crippen molar-refractivity contribution < 1.29 is 9.90 Å². The van der Waals surface area contributed by atoms with Gasteiger partial charge in [0.15, 0.2) is 0 Å². The number of aromatic nitrogens is 4. The van der Waals surface area contributed by atoms with Gasteiger partial charge in [-0.15, -0.1) is 0 Å². The molecule has 4 rings (SSSR count). The zero-order valence-electron chi connectivity index (χ0n) is 13.0.